The molecule has 0 aliphatic rings. The summed E-state index contributed by atoms with van der Waals surface area (Å²) in [5.74, 6) is -0.441. The number of aromatic nitrogens is 1. The van der Waals surface area contributed by atoms with Gasteiger partial charge in [0.15, 0.2) is 0 Å². The highest BCUT2D eigenvalue weighted by atomic mass is 16.2. The lowest BCUT2D eigenvalue weighted by Crippen LogP contribution is -2.13. The Bertz CT molecular complexity index is 638. The lowest BCUT2D eigenvalue weighted by molar-refractivity contribution is -0.114. The van der Waals surface area contributed by atoms with E-state index in [4.69, 9.17) is 5.73 Å². The lowest BCUT2D eigenvalue weighted by Gasteiger charge is -2.08. The van der Waals surface area contributed by atoms with Crippen LogP contribution in [0.4, 0.5) is 17.1 Å². The summed E-state index contributed by atoms with van der Waals surface area (Å²) >= 11 is 0. The molecule has 1 aromatic heterocycles. The number of hydrogen-bond acceptors (Lipinski definition) is 4. The van der Waals surface area contributed by atoms with Crippen LogP contribution >= 0.6 is 0 Å². The molecular formula is C14H14N4O2. The minimum atomic E-state index is -0.280. The smallest absolute Gasteiger partial charge is 0.255 e. The Balaban J connectivity index is 2.10. The second kappa shape index (κ2) is 5.83. The van der Waals surface area contributed by atoms with Crippen LogP contribution in [0.5, 0.6) is 0 Å². The molecule has 20 heavy (non-hydrogen) atoms. The quantitative estimate of drug-likeness (QED) is 0.793. The van der Waals surface area contributed by atoms with Crippen LogP contribution in [0.25, 0.3) is 0 Å². The van der Waals surface area contributed by atoms with E-state index < -0.39 is 0 Å². The largest absolute Gasteiger partial charge is 0.396 e. The molecule has 102 valence electrons. The molecule has 2 aromatic rings. The van der Waals surface area contributed by atoms with E-state index in [1.54, 1.807) is 36.5 Å². The topological polar surface area (TPSA) is 97.1 Å². The zero-order chi connectivity index (χ0) is 14.5. The Labute approximate surface area is 116 Å². The summed E-state index contributed by atoms with van der Waals surface area (Å²) in [4.78, 5) is 26.8. The lowest BCUT2D eigenvalue weighted by atomic mass is 10.2. The number of anilines is 3. The molecule has 2 rings (SSSR count). The van der Waals surface area contributed by atoms with E-state index in [9.17, 15) is 9.59 Å². The molecule has 0 saturated carbocycles. The molecule has 0 fully saturated rings. The maximum Gasteiger partial charge on any atom is 0.255 e. The molecule has 0 aliphatic carbocycles. The number of benzene rings is 1. The molecule has 0 unspecified atom stereocenters. The van der Waals surface area contributed by atoms with Crippen molar-refractivity contribution in [3.8, 4) is 0 Å². The molecular weight excluding hydrogens is 256 g/mol. The van der Waals surface area contributed by atoms with Crippen molar-refractivity contribution in [1.29, 1.82) is 0 Å². The predicted molar refractivity (Wildman–Crippen MR) is 77.3 cm³/mol. The van der Waals surface area contributed by atoms with Crippen molar-refractivity contribution in [2.45, 2.75) is 6.92 Å². The summed E-state index contributed by atoms with van der Waals surface area (Å²) in [7, 11) is 0. The third-order valence-corrected chi connectivity index (χ3v) is 2.57. The van der Waals surface area contributed by atoms with Gasteiger partial charge in [0, 0.05) is 24.4 Å². The van der Waals surface area contributed by atoms with Gasteiger partial charge >= 0.3 is 0 Å². The average Bonchev–Trinajstić information content (AvgIpc) is 2.41. The Morgan fingerprint density at radius 1 is 1.10 bits per heavy atom. The molecule has 0 aliphatic heterocycles. The van der Waals surface area contributed by atoms with Crippen LogP contribution in [0, 0.1) is 0 Å². The molecule has 0 radical (unpaired) electrons. The van der Waals surface area contributed by atoms with Gasteiger partial charge in [-0.15, -0.1) is 0 Å². The summed E-state index contributed by atoms with van der Waals surface area (Å²) in [6.45, 7) is 1.42. The van der Waals surface area contributed by atoms with E-state index in [2.05, 4.69) is 15.6 Å². The molecule has 0 atom stereocenters. The van der Waals surface area contributed by atoms with Crippen LogP contribution in [-0.2, 0) is 4.79 Å². The van der Waals surface area contributed by atoms with Crippen LogP contribution in [0.2, 0.25) is 0 Å². The van der Waals surface area contributed by atoms with E-state index in [1.165, 1.54) is 13.1 Å². The number of nitrogen functional groups attached to an aromatic ring is 1. The fourth-order valence-electron chi connectivity index (χ4n) is 1.62. The highest BCUT2D eigenvalue weighted by Gasteiger charge is 2.08. The Morgan fingerprint density at radius 2 is 1.80 bits per heavy atom. The number of rotatable bonds is 3. The zero-order valence-electron chi connectivity index (χ0n) is 10.9. The van der Waals surface area contributed by atoms with E-state index in [1.807, 2.05) is 0 Å². The standard InChI is InChI=1S/C14H14N4O2/c1-9(19)17-11-4-2-10(3-5-11)14(20)18-13-6-7-16-8-12(13)15/h2-8H,15H2,1H3,(H,17,19)(H,16,18,20). The number of pyridine rings is 1. The predicted octanol–water partition coefficient (Wildman–Crippen LogP) is 1.87. The first-order valence-electron chi connectivity index (χ1n) is 5.95. The van der Waals surface area contributed by atoms with Crippen molar-refractivity contribution in [2.24, 2.45) is 0 Å². The fraction of sp³-hybridized carbons (Fsp3) is 0.0714. The second-order valence-electron chi connectivity index (χ2n) is 4.18. The van der Waals surface area contributed by atoms with Gasteiger partial charge < -0.3 is 16.4 Å². The number of hydrogen-bond donors (Lipinski definition) is 3. The Morgan fingerprint density at radius 3 is 2.40 bits per heavy atom. The van der Waals surface area contributed by atoms with Gasteiger partial charge in [-0.2, -0.15) is 0 Å². The van der Waals surface area contributed by atoms with Crippen LogP contribution < -0.4 is 16.4 Å². The van der Waals surface area contributed by atoms with Crippen LogP contribution in [0.1, 0.15) is 17.3 Å². The number of nitrogens with two attached hydrogens (primary N) is 1. The molecule has 4 N–H and O–H groups in total. The minimum absolute atomic E-state index is 0.160. The van der Waals surface area contributed by atoms with Gasteiger partial charge in [-0.25, -0.2) is 0 Å². The Hall–Kier alpha value is -2.89. The molecule has 2 amide bonds. The van der Waals surface area contributed by atoms with Crippen molar-refractivity contribution in [1.82, 2.24) is 4.98 Å². The average molecular weight is 270 g/mol. The summed E-state index contributed by atoms with van der Waals surface area (Å²) in [5, 5.41) is 5.33. The maximum atomic E-state index is 12.0. The van der Waals surface area contributed by atoms with E-state index in [-0.39, 0.29) is 11.8 Å². The number of carbonyl (C=O) groups excluding carboxylic acids is 2. The number of nitrogens with one attached hydrogen (secondary N) is 2. The van der Waals surface area contributed by atoms with Gasteiger partial charge in [0.25, 0.3) is 5.91 Å². The SMILES string of the molecule is CC(=O)Nc1ccc(C(=O)Nc2ccncc2N)cc1. The van der Waals surface area contributed by atoms with Gasteiger partial charge in [-0.05, 0) is 30.3 Å². The summed E-state index contributed by atoms with van der Waals surface area (Å²) in [5.41, 5.74) is 7.71. The molecule has 0 bridgehead atoms. The second-order valence-corrected chi connectivity index (χ2v) is 4.18. The van der Waals surface area contributed by atoms with Gasteiger partial charge in [0.05, 0.1) is 17.6 Å². The molecule has 6 heteroatoms. The summed E-state index contributed by atoms with van der Waals surface area (Å²) in [6.07, 6.45) is 3.02. The molecule has 1 heterocycles. The third kappa shape index (κ3) is 3.32. The number of carbonyl (C=O) groups is 2. The van der Waals surface area contributed by atoms with Crippen molar-refractivity contribution in [3.05, 3.63) is 48.3 Å². The van der Waals surface area contributed by atoms with Crippen LogP contribution in [0.15, 0.2) is 42.7 Å². The maximum absolute atomic E-state index is 12.0. The highest BCUT2D eigenvalue weighted by Crippen LogP contribution is 2.17. The van der Waals surface area contributed by atoms with Crippen molar-refractivity contribution < 1.29 is 9.59 Å². The minimum Gasteiger partial charge on any atom is -0.396 e. The molecule has 6 nitrogen and oxygen atoms in total. The van der Waals surface area contributed by atoms with E-state index in [0.29, 0.717) is 22.6 Å². The fourth-order valence-corrected chi connectivity index (χ4v) is 1.62. The normalized spacial score (nSPS) is 9.85. The van der Waals surface area contributed by atoms with Gasteiger partial charge in [-0.1, -0.05) is 0 Å². The van der Waals surface area contributed by atoms with Gasteiger partial charge in [0.2, 0.25) is 5.91 Å². The van der Waals surface area contributed by atoms with Crippen LogP contribution in [0.3, 0.4) is 0 Å². The zero-order valence-corrected chi connectivity index (χ0v) is 10.9. The molecule has 0 spiro atoms. The highest BCUT2D eigenvalue weighted by molar-refractivity contribution is 6.06. The number of nitrogens with zero attached hydrogens (tertiary/aromatic N) is 1. The first-order chi connectivity index (χ1) is 9.56. The monoisotopic (exact) mass is 270 g/mol. The van der Waals surface area contributed by atoms with Crippen LogP contribution in [-0.4, -0.2) is 16.8 Å². The first kappa shape index (κ1) is 13.5. The third-order valence-electron chi connectivity index (χ3n) is 2.57. The molecule has 1 aromatic carbocycles. The first-order valence-corrected chi connectivity index (χ1v) is 5.95. The van der Waals surface area contributed by atoms with Crippen molar-refractivity contribution in [3.63, 3.8) is 0 Å². The number of amides is 2. The van der Waals surface area contributed by atoms with E-state index in [0.717, 1.165) is 0 Å². The van der Waals surface area contributed by atoms with E-state index >= 15 is 0 Å². The molecule has 0 saturated heterocycles. The van der Waals surface area contributed by atoms with Gasteiger partial charge in [-0.3, -0.25) is 14.6 Å². The van der Waals surface area contributed by atoms with Crippen molar-refractivity contribution in [2.75, 3.05) is 16.4 Å². The Kier molecular flexibility index (Phi) is 3.95. The van der Waals surface area contributed by atoms with Gasteiger partial charge in [0.1, 0.15) is 0 Å². The van der Waals surface area contributed by atoms with Crippen molar-refractivity contribution >= 4 is 28.9 Å². The summed E-state index contributed by atoms with van der Waals surface area (Å²) in [6, 6.07) is 8.19. The summed E-state index contributed by atoms with van der Waals surface area (Å²) < 4.78 is 0.